The van der Waals surface area contributed by atoms with Crippen molar-refractivity contribution in [1.82, 2.24) is 10.6 Å². The number of carbonyl (C=O) groups is 2. The summed E-state index contributed by atoms with van der Waals surface area (Å²) in [7, 11) is 0. The summed E-state index contributed by atoms with van der Waals surface area (Å²) in [5.41, 5.74) is -0.304. The first-order valence-electron chi connectivity index (χ1n) is 8.10. The first-order valence-corrected chi connectivity index (χ1v) is 8.10. The fourth-order valence-electron chi connectivity index (χ4n) is 3.80. The number of carboxylic acid groups (broad SMARTS) is 1. The molecular formula is C16H28N2O3. The van der Waals surface area contributed by atoms with Crippen LogP contribution in [0.2, 0.25) is 0 Å². The summed E-state index contributed by atoms with van der Waals surface area (Å²) < 4.78 is 0. The van der Waals surface area contributed by atoms with Gasteiger partial charge in [0.15, 0.2) is 0 Å². The lowest BCUT2D eigenvalue weighted by molar-refractivity contribution is -0.150. The normalized spacial score (nSPS) is 36.0. The molecule has 1 heterocycles. The standard InChI is InChI=1S/C16H28N2O3/c1-10-12(8-7-11(15(20)21)16(10,2)3)18-14(19)13-6-4-5-9-17-13/h10-13,17H,4-9H2,1-3H3,(H,18,19)(H,20,21)/t10?,11?,12?,13-/m1/s1. The molecule has 5 nitrogen and oxygen atoms in total. The quantitative estimate of drug-likeness (QED) is 0.741. The van der Waals surface area contributed by atoms with Gasteiger partial charge in [0, 0.05) is 6.04 Å². The molecule has 120 valence electrons. The molecule has 0 aromatic rings. The van der Waals surface area contributed by atoms with Crippen LogP contribution in [0.1, 0.15) is 52.9 Å². The number of amides is 1. The van der Waals surface area contributed by atoms with Gasteiger partial charge >= 0.3 is 5.97 Å². The highest BCUT2D eigenvalue weighted by atomic mass is 16.4. The number of nitrogens with one attached hydrogen (secondary N) is 2. The van der Waals surface area contributed by atoms with E-state index in [4.69, 9.17) is 0 Å². The van der Waals surface area contributed by atoms with E-state index in [0.29, 0.717) is 6.42 Å². The van der Waals surface area contributed by atoms with Crippen molar-refractivity contribution in [3.8, 4) is 0 Å². The number of piperidine rings is 1. The second kappa shape index (κ2) is 6.34. The highest BCUT2D eigenvalue weighted by Gasteiger charge is 2.46. The molecular weight excluding hydrogens is 268 g/mol. The Labute approximate surface area is 126 Å². The van der Waals surface area contributed by atoms with Gasteiger partial charge in [0.1, 0.15) is 0 Å². The lowest BCUT2D eigenvalue weighted by Crippen LogP contribution is -2.56. The number of hydrogen-bond donors (Lipinski definition) is 3. The molecule has 1 aliphatic heterocycles. The van der Waals surface area contributed by atoms with Crippen molar-refractivity contribution in [2.45, 2.75) is 65.0 Å². The minimum absolute atomic E-state index is 0.0758. The van der Waals surface area contributed by atoms with Crippen LogP contribution in [0.5, 0.6) is 0 Å². The van der Waals surface area contributed by atoms with Gasteiger partial charge in [-0.05, 0) is 43.6 Å². The van der Waals surface area contributed by atoms with Crippen LogP contribution in [-0.4, -0.2) is 35.6 Å². The molecule has 1 aliphatic carbocycles. The molecule has 1 saturated heterocycles. The molecule has 5 heteroatoms. The van der Waals surface area contributed by atoms with E-state index in [1.807, 2.05) is 13.8 Å². The Morgan fingerprint density at radius 2 is 1.90 bits per heavy atom. The fraction of sp³-hybridized carbons (Fsp3) is 0.875. The molecule has 0 aromatic heterocycles. The van der Waals surface area contributed by atoms with Crippen LogP contribution in [0.3, 0.4) is 0 Å². The van der Waals surface area contributed by atoms with Crippen LogP contribution in [0, 0.1) is 17.3 Å². The number of carboxylic acids is 1. The average molecular weight is 296 g/mol. The number of aliphatic carboxylic acids is 1. The van der Waals surface area contributed by atoms with E-state index < -0.39 is 5.97 Å². The summed E-state index contributed by atoms with van der Waals surface area (Å²) >= 11 is 0. The third-order valence-electron chi connectivity index (χ3n) is 5.69. The second-order valence-electron chi connectivity index (χ2n) is 7.20. The van der Waals surface area contributed by atoms with E-state index in [-0.39, 0.29) is 35.2 Å². The van der Waals surface area contributed by atoms with Gasteiger partial charge in [0.2, 0.25) is 5.91 Å². The molecule has 2 fully saturated rings. The van der Waals surface area contributed by atoms with E-state index >= 15 is 0 Å². The van der Waals surface area contributed by atoms with Crippen molar-refractivity contribution < 1.29 is 14.7 Å². The Morgan fingerprint density at radius 1 is 1.19 bits per heavy atom. The van der Waals surface area contributed by atoms with Crippen molar-refractivity contribution >= 4 is 11.9 Å². The van der Waals surface area contributed by atoms with Crippen molar-refractivity contribution in [2.75, 3.05) is 6.54 Å². The van der Waals surface area contributed by atoms with E-state index in [0.717, 1.165) is 32.2 Å². The van der Waals surface area contributed by atoms with Gasteiger partial charge in [-0.2, -0.15) is 0 Å². The molecule has 0 aromatic carbocycles. The lowest BCUT2D eigenvalue weighted by Gasteiger charge is -2.46. The molecule has 3 N–H and O–H groups in total. The Bertz CT molecular complexity index is 402. The molecule has 21 heavy (non-hydrogen) atoms. The van der Waals surface area contributed by atoms with Gasteiger partial charge in [0.25, 0.3) is 0 Å². The van der Waals surface area contributed by atoms with E-state index in [9.17, 15) is 14.7 Å². The van der Waals surface area contributed by atoms with Crippen LogP contribution in [0.25, 0.3) is 0 Å². The van der Waals surface area contributed by atoms with Crippen LogP contribution < -0.4 is 10.6 Å². The molecule has 3 unspecified atom stereocenters. The van der Waals surface area contributed by atoms with Gasteiger partial charge < -0.3 is 15.7 Å². The third kappa shape index (κ3) is 3.39. The first kappa shape index (κ1) is 16.3. The van der Waals surface area contributed by atoms with Gasteiger partial charge in [-0.25, -0.2) is 0 Å². The Kier molecular flexibility index (Phi) is 4.91. The van der Waals surface area contributed by atoms with Gasteiger partial charge in [-0.15, -0.1) is 0 Å². The minimum Gasteiger partial charge on any atom is -0.481 e. The summed E-state index contributed by atoms with van der Waals surface area (Å²) in [4.78, 5) is 23.7. The summed E-state index contributed by atoms with van der Waals surface area (Å²) in [5.74, 6) is -0.810. The largest absolute Gasteiger partial charge is 0.481 e. The van der Waals surface area contributed by atoms with Crippen molar-refractivity contribution in [2.24, 2.45) is 17.3 Å². The van der Waals surface area contributed by atoms with Crippen molar-refractivity contribution in [3.63, 3.8) is 0 Å². The summed E-state index contributed by atoms with van der Waals surface area (Å²) in [6, 6.07) is -0.00177. The number of hydrogen-bond acceptors (Lipinski definition) is 3. The topological polar surface area (TPSA) is 78.4 Å². The minimum atomic E-state index is -0.717. The Morgan fingerprint density at radius 3 is 2.48 bits per heavy atom. The monoisotopic (exact) mass is 296 g/mol. The zero-order valence-corrected chi connectivity index (χ0v) is 13.3. The Balaban J connectivity index is 1.98. The predicted octanol–water partition coefficient (Wildman–Crippen LogP) is 1.77. The lowest BCUT2D eigenvalue weighted by atomic mass is 9.61. The van der Waals surface area contributed by atoms with Gasteiger partial charge in [-0.1, -0.05) is 27.2 Å². The number of rotatable bonds is 3. The molecule has 0 spiro atoms. The predicted molar refractivity (Wildman–Crippen MR) is 80.9 cm³/mol. The van der Waals surface area contributed by atoms with Gasteiger partial charge in [0.05, 0.1) is 12.0 Å². The van der Waals surface area contributed by atoms with E-state index in [2.05, 4.69) is 17.6 Å². The highest BCUT2D eigenvalue weighted by Crippen LogP contribution is 2.45. The molecule has 1 saturated carbocycles. The van der Waals surface area contributed by atoms with E-state index in [1.165, 1.54) is 0 Å². The molecule has 0 bridgehead atoms. The van der Waals surface area contributed by atoms with Crippen LogP contribution in [0.15, 0.2) is 0 Å². The molecule has 0 radical (unpaired) electrons. The summed E-state index contributed by atoms with van der Waals surface area (Å²) in [6.45, 7) is 6.99. The van der Waals surface area contributed by atoms with E-state index in [1.54, 1.807) is 0 Å². The zero-order chi connectivity index (χ0) is 15.6. The first-order chi connectivity index (χ1) is 9.84. The molecule has 4 atom stereocenters. The van der Waals surface area contributed by atoms with Crippen molar-refractivity contribution in [1.29, 1.82) is 0 Å². The van der Waals surface area contributed by atoms with Gasteiger partial charge in [-0.3, -0.25) is 9.59 Å². The average Bonchev–Trinajstić information content (AvgIpc) is 2.44. The van der Waals surface area contributed by atoms with Crippen LogP contribution in [-0.2, 0) is 9.59 Å². The fourth-order valence-corrected chi connectivity index (χ4v) is 3.80. The number of carbonyl (C=O) groups excluding carboxylic acids is 1. The van der Waals surface area contributed by atoms with Crippen LogP contribution >= 0.6 is 0 Å². The zero-order valence-electron chi connectivity index (χ0n) is 13.3. The maximum Gasteiger partial charge on any atom is 0.307 e. The third-order valence-corrected chi connectivity index (χ3v) is 5.69. The molecule has 2 rings (SSSR count). The molecule has 2 aliphatic rings. The summed E-state index contributed by atoms with van der Waals surface area (Å²) in [6.07, 6.45) is 4.51. The Hall–Kier alpha value is -1.10. The SMILES string of the molecule is CC1C(NC(=O)[C@H]2CCCCN2)CCC(C(=O)O)C1(C)C. The maximum absolute atomic E-state index is 12.3. The highest BCUT2D eigenvalue weighted by molar-refractivity contribution is 5.82. The maximum atomic E-state index is 12.3. The smallest absolute Gasteiger partial charge is 0.307 e. The molecule has 1 amide bonds. The van der Waals surface area contributed by atoms with Crippen molar-refractivity contribution in [3.05, 3.63) is 0 Å². The summed E-state index contributed by atoms with van der Waals surface area (Å²) in [5, 5.41) is 15.8. The second-order valence-corrected chi connectivity index (χ2v) is 7.20. The van der Waals surface area contributed by atoms with Crippen LogP contribution in [0.4, 0.5) is 0 Å².